The van der Waals surface area contributed by atoms with Gasteiger partial charge in [-0.2, -0.15) is 0 Å². The lowest BCUT2D eigenvalue weighted by Gasteiger charge is -2.34. The van der Waals surface area contributed by atoms with E-state index in [2.05, 4.69) is 24.1 Å². The van der Waals surface area contributed by atoms with Crippen LogP contribution in [0.4, 0.5) is 0 Å². The zero-order chi connectivity index (χ0) is 13.5. The van der Waals surface area contributed by atoms with Gasteiger partial charge in [-0.3, -0.25) is 14.5 Å². The fourth-order valence-corrected chi connectivity index (χ4v) is 1.95. The van der Waals surface area contributed by atoms with Crippen molar-refractivity contribution in [1.29, 1.82) is 0 Å². The van der Waals surface area contributed by atoms with Crippen LogP contribution in [0.5, 0.6) is 0 Å². The fraction of sp³-hybridized carbons (Fsp3) is 0.846. The van der Waals surface area contributed by atoms with Crippen LogP contribution in [0.15, 0.2) is 0 Å². The first-order chi connectivity index (χ1) is 8.49. The molecule has 1 aliphatic heterocycles. The van der Waals surface area contributed by atoms with Crippen LogP contribution in [-0.4, -0.2) is 60.9 Å². The van der Waals surface area contributed by atoms with E-state index in [4.69, 9.17) is 0 Å². The Labute approximate surface area is 110 Å². The normalized spacial score (nSPS) is 17.0. The predicted octanol–water partition coefficient (Wildman–Crippen LogP) is 0.313. The molecule has 1 rings (SSSR count). The van der Waals surface area contributed by atoms with Gasteiger partial charge in [-0.1, -0.05) is 13.8 Å². The minimum atomic E-state index is 0.123. The number of carbonyl (C=O) groups is 2. The number of hydrogen-bond donors (Lipinski definition) is 1. The van der Waals surface area contributed by atoms with Gasteiger partial charge in [0.2, 0.25) is 11.8 Å². The van der Waals surface area contributed by atoms with Gasteiger partial charge in [0.25, 0.3) is 0 Å². The van der Waals surface area contributed by atoms with Crippen molar-refractivity contribution in [3.05, 3.63) is 0 Å². The van der Waals surface area contributed by atoms with Crippen molar-refractivity contribution >= 4 is 11.8 Å². The van der Waals surface area contributed by atoms with E-state index in [1.807, 2.05) is 4.90 Å². The van der Waals surface area contributed by atoms with Crippen molar-refractivity contribution in [3.8, 4) is 0 Å². The third-order valence-corrected chi connectivity index (χ3v) is 3.18. The number of carbonyl (C=O) groups excluding carboxylic acids is 2. The molecule has 18 heavy (non-hydrogen) atoms. The van der Waals surface area contributed by atoms with Gasteiger partial charge < -0.3 is 10.2 Å². The molecule has 1 fully saturated rings. The smallest absolute Gasteiger partial charge is 0.221 e. The van der Waals surface area contributed by atoms with E-state index in [-0.39, 0.29) is 11.8 Å². The average Bonchev–Trinajstić information content (AvgIpc) is 2.34. The minimum absolute atomic E-state index is 0.123. The van der Waals surface area contributed by atoms with Gasteiger partial charge in [0.1, 0.15) is 0 Å². The molecule has 0 aliphatic carbocycles. The Balaban J connectivity index is 2.14. The molecule has 1 N–H and O–H groups in total. The van der Waals surface area contributed by atoms with Gasteiger partial charge in [0.05, 0.1) is 0 Å². The van der Waals surface area contributed by atoms with E-state index < -0.39 is 0 Å². The molecular formula is C13H25N3O2. The summed E-state index contributed by atoms with van der Waals surface area (Å²) in [7, 11) is 0. The first kappa shape index (κ1) is 15.0. The number of rotatable bonds is 5. The highest BCUT2D eigenvalue weighted by atomic mass is 16.2. The Bertz CT molecular complexity index is 284. The Morgan fingerprint density at radius 3 is 2.28 bits per heavy atom. The summed E-state index contributed by atoms with van der Waals surface area (Å²) in [5.74, 6) is 0.759. The van der Waals surface area contributed by atoms with Crippen LogP contribution in [0.25, 0.3) is 0 Å². The molecule has 0 bridgehead atoms. The minimum Gasteiger partial charge on any atom is -0.356 e. The maximum absolute atomic E-state index is 11.6. The fourth-order valence-electron chi connectivity index (χ4n) is 1.95. The van der Waals surface area contributed by atoms with E-state index in [0.717, 1.165) is 39.3 Å². The van der Waals surface area contributed by atoms with Crippen molar-refractivity contribution in [2.24, 2.45) is 5.92 Å². The van der Waals surface area contributed by atoms with Gasteiger partial charge >= 0.3 is 0 Å². The summed E-state index contributed by atoms with van der Waals surface area (Å²) >= 11 is 0. The van der Waals surface area contributed by atoms with Crippen LogP contribution >= 0.6 is 0 Å². The number of hydrogen-bond acceptors (Lipinski definition) is 3. The second-order valence-corrected chi connectivity index (χ2v) is 5.30. The molecule has 0 radical (unpaired) electrons. The van der Waals surface area contributed by atoms with Crippen molar-refractivity contribution in [2.45, 2.75) is 27.2 Å². The van der Waals surface area contributed by atoms with E-state index in [1.54, 1.807) is 6.92 Å². The predicted molar refractivity (Wildman–Crippen MR) is 71.2 cm³/mol. The van der Waals surface area contributed by atoms with Crippen LogP contribution in [0, 0.1) is 5.92 Å². The van der Waals surface area contributed by atoms with Crippen molar-refractivity contribution in [1.82, 2.24) is 15.1 Å². The van der Waals surface area contributed by atoms with E-state index in [1.165, 1.54) is 0 Å². The molecule has 0 aromatic heterocycles. The third kappa shape index (κ3) is 5.49. The number of nitrogens with one attached hydrogen (secondary N) is 1. The summed E-state index contributed by atoms with van der Waals surface area (Å²) in [4.78, 5) is 26.8. The lowest BCUT2D eigenvalue weighted by molar-refractivity contribution is -0.131. The van der Waals surface area contributed by atoms with Crippen LogP contribution in [0.3, 0.4) is 0 Å². The molecule has 104 valence electrons. The first-order valence-corrected chi connectivity index (χ1v) is 6.73. The molecule has 2 amide bonds. The van der Waals surface area contributed by atoms with Gasteiger partial charge in [0.15, 0.2) is 0 Å². The summed E-state index contributed by atoms with van der Waals surface area (Å²) in [5.41, 5.74) is 0. The molecule has 1 heterocycles. The topological polar surface area (TPSA) is 52.7 Å². The second-order valence-electron chi connectivity index (χ2n) is 5.30. The van der Waals surface area contributed by atoms with Crippen LogP contribution in [-0.2, 0) is 9.59 Å². The maximum Gasteiger partial charge on any atom is 0.221 e. The Hall–Kier alpha value is -1.10. The van der Waals surface area contributed by atoms with E-state index in [0.29, 0.717) is 12.3 Å². The van der Waals surface area contributed by atoms with Gasteiger partial charge in [0, 0.05) is 52.6 Å². The van der Waals surface area contributed by atoms with E-state index >= 15 is 0 Å². The maximum atomic E-state index is 11.6. The summed E-state index contributed by atoms with van der Waals surface area (Å²) in [6.45, 7) is 10.6. The van der Waals surface area contributed by atoms with Gasteiger partial charge in [-0.15, -0.1) is 0 Å². The molecule has 5 nitrogen and oxygen atoms in total. The van der Waals surface area contributed by atoms with Crippen molar-refractivity contribution in [2.75, 3.05) is 39.3 Å². The summed E-state index contributed by atoms with van der Waals surface area (Å²) in [5, 5.41) is 2.92. The number of piperazine rings is 1. The lowest BCUT2D eigenvalue weighted by Crippen LogP contribution is -2.48. The van der Waals surface area contributed by atoms with Gasteiger partial charge in [-0.05, 0) is 5.92 Å². The number of amides is 2. The standard InChI is InChI=1S/C13H25N3O2/c1-11(2)10-14-13(18)4-5-15-6-8-16(9-7-15)12(3)17/h11H,4-10H2,1-3H3,(H,14,18). The van der Waals surface area contributed by atoms with Crippen LogP contribution in [0.1, 0.15) is 27.2 Å². The SMILES string of the molecule is CC(=O)N1CCN(CCC(=O)NCC(C)C)CC1. The molecule has 0 atom stereocenters. The molecule has 0 saturated carbocycles. The summed E-state index contributed by atoms with van der Waals surface area (Å²) in [6, 6.07) is 0. The van der Waals surface area contributed by atoms with E-state index in [9.17, 15) is 9.59 Å². The molecule has 5 heteroatoms. The zero-order valence-electron chi connectivity index (χ0n) is 11.7. The molecular weight excluding hydrogens is 230 g/mol. The van der Waals surface area contributed by atoms with Crippen LogP contribution < -0.4 is 5.32 Å². The largest absolute Gasteiger partial charge is 0.356 e. The Morgan fingerprint density at radius 1 is 1.17 bits per heavy atom. The molecule has 1 saturated heterocycles. The Kier molecular flexibility index (Phi) is 6.12. The highest BCUT2D eigenvalue weighted by molar-refractivity contribution is 5.76. The second kappa shape index (κ2) is 7.36. The molecule has 0 spiro atoms. The molecule has 0 unspecified atom stereocenters. The molecule has 0 aromatic rings. The molecule has 1 aliphatic rings. The summed E-state index contributed by atoms with van der Waals surface area (Å²) in [6.07, 6.45) is 0.548. The lowest BCUT2D eigenvalue weighted by atomic mass is 10.2. The van der Waals surface area contributed by atoms with Gasteiger partial charge in [-0.25, -0.2) is 0 Å². The van der Waals surface area contributed by atoms with Crippen molar-refractivity contribution < 1.29 is 9.59 Å². The third-order valence-electron chi connectivity index (χ3n) is 3.18. The van der Waals surface area contributed by atoms with Crippen molar-refractivity contribution in [3.63, 3.8) is 0 Å². The summed E-state index contributed by atoms with van der Waals surface area (Å²) < 4.78 is 0. The number of nitrogens with zero attached hydrogens (tertiary/aromatic N) is 2. The highest BCUT2D eigenvalue weighted by Gasteiger charge is 2.18. The Morgan fingerprint density at radius 2 is 1.78 bits per heavy atom. The van der Waals surface area contributed by atoms with Crippen LogP contribution in [0.2, 0.25) is 0 Å². The monoisotopic (exact) mass is 255 g/mol. The average molecular weight is 255 g/mol. The molecule has 0 aromatic carbocycles. The highest BCUT2D eigenvalue weighted by Crippen LogP contribution is 2.02. The first-order valence-electron chi connectivity index (χ1n) is 6.73. The quantitative estimate of drug-likeness (QED) is 0.769. The zero-order valence-corrected chi connectivity index (χ0v) is 11.7.